The zero-order valence-corrected chi connectivity index (χ0v) is 13.0. The van der Waals surface area contributed by atoms with Gasteiger partial charge in [0.05, 0.1) is 5.69 Å². The molecule has 8 nitrogen and oxygen atoms in total. The monoisotopic (exact) mass is 316 g/mol. The number of aromatic nitrogens is 4. The lowest BCUT2D eigenvalue weighted by Crippen LogP contribution is -2.56. The molecule has 122 valence electrons. The van der Waals surface area contributed by atoms with Gasteiger partial charge >= 0.3 is 5.97 Å². The Labute approximate surface area is 134 Å². The average Bonchev–Trinajstić information content (AvgIpc) is 3.03. The van der Waals surface area contributed by atoms with Crippen molar-refractivity contribution in [1.82, 2.24) is 25.1 Å². The standard InChI is InChI=1S/C15H20N6O2/c1-2-11-8-12(19-18-11)9-20-6-7-21(10-13(20)14(22)23)15-16-4-3-5-17-15/h3-5,8,13H,2,6-7,9-10H2,1H3,(H,18,19)(H,22,23)/t13-/m0/s1. The lowest BCUT2D eigenvalue weighted by molar-refractivity contribution is -0.143. The van der Waals surface area contributed by atoms with Crippen LogP contribution in [-0.2, 0) is 17.8 Å². The average molecular weight is 316 g/mol. The first-order valence-corrected chi connectivity index (χ1v) is 7.69. The van der Waals surface area contributed by atoms with Crippen LogP contribution in [0.5, 0.6) is 0 Å². The Kier molecular flexibility index (Phi) is 4.52. The highest BCUT2D eigenvalue weighted by molar-refractivity contribution is 5.74. The molecule has 2 aromatic rings. The van der Waals surface area contributed by atoms with E-state index in [0.717, 1.165) is 17.8 Å². The van der Waals surface area contributed by atoms with Crippen LogP contribution in [0.25, 0.3) is 0 Å². The van der Waals surface area contributed by atoms with Crippen LogP contribution in [0.3, 0.4) is 0 Å². The number of carboxylic acids is 1. The number of hydrogen-bond acceptors (Lipinski definition) is 6. The van der Waals surface area contributed by atoms with E-state index in [2.05, 4.69) is 20.2 Å². The largest absolute Gasteiger partial charge is 0.480 e. The molecule has 1 aliphatic heterocycles. The molecule has 3 rings (SSSR count). The van der Waals surface area contributed by atoms with Crippen LogP contribution < -0.4 is 4.90 Å². The van der Waals surface area contributed by atoms with E-state index in [1.165, 1.54) is 0 Å². The number of hydrogen-bond donors (Lipinski definition) is 2. The molecule has 8 heteroatoms. The number of piperazine rings is 1. The fourth-order valence-corrected chi connectivity index (χ4v) is 2.77. The van der Waals surface area contributed by atoms with Crippen LogP contribution in [-0.4, -0.2) is 61.8 Å². The van der Waals surface area contributed by atoms with Crippen molar-refractivity contribution in [2.45, 2.75) is 25.9 Å². The molecule has 1 saturated heterocycles. The highest BCUT2D eigenvalue weighted by atomic mass is 16.4. The van der Waals surface area contributed by atoms with Gasteiger partial charge in [0.2, 0.25) is 5.95 Å². The van der Waals surface area contributed by atoms with Gasteiger partial charge in [0.1, 0.15) is 6.04 Å². The third kappa shape index (κ3) is 3.48. The Bertz CT molecular complexity index is 659. The molecule has 0 spiro atoms. The molecule has 0 aromatic carbocycles. The number of carboxylic acid groups (broad SMARTS) is 1. The molecular weight excluding hydrogens is 296 g/mol. The maximum Gasteiger partial charge on any atom is 0.322 e. The number of nitrogens with one attached hydrogen (secondary N) is 1. The van der Waals surface area contributed by atoms with Crippen molar-refractivity contribution in [3.05, 3.63) is 35.9 Å². The van der Waals surface area contributed by atoms with Gasteiger partial charge in [-0.1, -0.05) is 6.92 Å². The predicted molar refractivity (Wildman–Crippen MR) is 84.0 cm³/mol. The Balaban J connectivity index is 1.71. The number of aromatic amines is 1. The van der Waals surface area contributed by atoms with E-state index in [9.17, 15) is 9.90 Å². The smallest absolute Gasteiger partial charge is 0.322 e. The van der Waals surface area contributed by atoms with Gasteiger partial charge < -0.3 is 10.0 Å². The number of nitrogens with zero attached hydrogens (tertiary/aromatic N) is 5. The minimum atomic E-state index is -0.833. The number of aryl methyl sites for hydroxylation is 1. The minimum Gasteiger partial charge on any atom is -0.480 e. The van der Waals surface area contributed by atoms with E-state index in [0.29, 0.717) is 32.1 Å². The molecule has 0 radical (unpaired) electrons. The van der Waals surface area contributed by atoms with Crippen LogP contribution >= 0.6 is 0 Å². The van der Waals surface area contributed by atoms with E-state index in [-0.39, 0.29) is 0 Å². The molecule has 0 unspecified atom stereocenters. The van der Waals surface area contributed by atoms with Crippen molar-refractivity contribution in [3.63, 3.8) is 0 Å². The fraction of sp³-hybridized carbons (Fsp3) is 0.467. The molecule has 0 amide bonds. The number of aliphatic carboxylic acids is 1. The zero-order valence-electron chi connectivity index (χ0n) is 13.0. The molecule has 0 bridgehead atoms. The zero-order chi connectivity index (χ0) is 16.2. The van der Waals surface area contributed by atoms with Gasteiger partial charge in [-0.25, -0.2) is 9.97 Å². The minimum absolute atomic E-state index is 0.369. The summed E-state index contributed by atoms with van der Waals surface area (Å²) in [5.74, 6) is -0.255. The molecule has 1 atom stereocenters. The summed E-state index contributed by atoms with van der Waals surface area (Å²) in [6.45, 7) is 4.29. The van der Waals surface area contributed by atoms with Gasteiger partial charge in [0.25, 0.3) is 0 Å². The first kappa shape index (κ1) is 15.4. The lowest BCUT2D eigenvalue weighted by Gasteiger charge is -2.38. The van der Waals surface area contributed by atoms with Crippen molar-refractivity contribution in [3.8, 4) is 0 Å². The van der Waals surface area contributed by atoms with Gasteiger partial charge in [-0.15, -0.1) is 0 Å². The van der Waals surface area contributed by atoms with Crippen molar-refractivity contribution in [2.24, 2.45) is 0 Å². The molecule has 23 heavy (non-hydrogen) atoms. The lowest BCUT2D eigenvalue weighted by atomic mass is 10.1. The summed E-state index contributed by atoms with van der Waals surface area (Å²) in [6, 6.07) is 3.14. The first-order chi connectivity index (χ1) is 11.2. The van der Waals surface area contributed by atoms with Gasteiger partial charge in [-0.05, 0) is 18.6 Å². The number of carbonyl (C=O) groups is 1. The third-order valence-corrected chi connectivity index (χ3v) is 4.03. The molecule has 0 aliphatic carbocycles. The Morgan fingerprint density at radius 3 is 2.83 bits per heavy atom. The summed E-state index contributed by atoms with van der Waals surface area (Å²) < 4.78 is 0. The van der Waals surface area contributed by atoms with Gasteiger partial charge in [0, 0.05) is 44.3 Å². The molecule has 3 heterocycles. The Morgan fingerprint density at radius 1 is 1.39 bits per heavy atom. The maximum absolute atomic E-state index is 11.7. The van der Waals surface area contributed by atoms with E-state index < -0.39 is 12.0 Å². The van der Waals surface area contributed by atoms with E-state index in [1.54, 1.807) is 18.5 Å². The Hall–Kier alpha value is -2.48. The van der Waals surface area contributed by atoms with Gasteiger partial charge in [0.15, 0.2) is 0 Å². The highest BCUT2D eigenvalue weighted by Gasteiger charge is 2.33. The highest BCUT2D eigenvalue weighted by Crippen LogP contribution is 2.17. The number of anilines is 1. The molecule has 2 aromatic heterocycles. The van der Waals surface area contributed by atoms with E-state index in [1.807, 2.05) is 22.8 Å². The van der Waals surface area contributed by atoms with Gasteiger partial charge in [-0.2, -0.15) is 5.10 Å². The van der Waals surface area contributed by atoms with Crippen molar-refractivity contribution >= 4 is 11.9 Å². The third-order valence-electron chi connectivity index (χ3n) is 4.03. The van der Waals surface area contributed by atoms with Crippen LogP contribution in [0, 0.1) is 0 Å². The summed E-state index contributed by atoms with van der Waals surface area (Å²) in [5, 5.41) is 16.8. The first-order valence-electron chi connectivity index (χ1n) is 7.69. The van der Waals surface area contributed by atoms with Crippen LogP contribution in [0.15, 0.2) is 24.5 Å². The number of H-pyrrole nitrogens is 1. The second-order valence-electron chi connectivity index (χ2n) is 5.56. The Morgan fingerprint density at radius 2 is 2.17 bits per heavy atom. The van der Waals surface area contributed by atoms with Crippen molar-refractivity contribution in [1.29, 1.82) is 0 Å². The molecule has 0 saturated carbocycles. The van der Waals surface area contributed by atoms with E-state index >= 15 is 0 Å². The van der Waals surface area contributed by atoms with Crippen LogP contribution in [0.4, 0.5) is 5.95 Å². The van der Waals surface area contributed by atoms with Crippen molar-refractivity contribution in [2.75, 3.05) is 24.5 Å². The quantitative estimate of drug-likeness (QED) is 0.830. The normalized spacial score (nSPS) is 19.0. The topological polar surface area (TPSA) is 98.2 Å². The second kappa shape index (κ2) is 6.74. The van der Waals surface area contributed by atoms with Crippen LogP contribution in [0.1, 0.15) is 18.3 Å². The van der Waals surface area contributed by atoms with Crippen molar-refractivity contribution < 1.29 is 9.90 Å². The molecule has 2 N–H and O–H groups in total. The summed E-state index contributed by atoms with van der Waals surface area (Å²) in [6.07, 6.45) is 4.20. The summed E-state index contributed by atoms with van der Waals surface area (Å²) in [5.41, 5.74) is 1.93. The summed E-state index contributed by atoms with van der Waals surface area (Å²) in [7, 11) is 0. The fourth-order valence-electron chi connectivity index (χ4n) is 2.77. The molecule has 1 fully saturated rings. The van der Waals surface area contributed by atoms with Gasteiger partial charge in [-0.3, -0.25) is 14.8 Å². The number of rotatable bonds is 5. The van der Waals surface area contributed by atoms with Crippen LogP contribution in [0.2, 0.25) is 0 Å². The second-order valence-corrected chi connectivity index (χ2v) is 5.56. The SMILES string of the molecule is CCc1cc(CN2CCN(c3ncccn3)C[C@H]2C(=O)O)[nH]n1. The summed E-state index contributed by atoms with van der Waals surface area (Å²) in [4.78, 5) is 23.9. The summed E-state index contributed by atoms with van der Waals surface area (Å²) >= 11 is 0. The molecular formula is C15H20N6O2. The maximum atomic E-state index is 11.7. The van der Waals surface area contributed by atoms with E-state index in [4.69, 9.17) is 0 Å². The molecule has 1 aliphatic rings. The predicted octanol–water partition coefficient (Wildman–Crippen LogP) is 0.537.